The molecule has 1 aliphatic rings. The maximum atomic E-state index is 13.0. The van der Waals surface area contributed by atoms with Crippen LogP contribution in [0.3, 0.4) is 0 Å². The Morgan fingerprint density at radius 3 is 2.57 bits per heavy atom. The van der Waals surface area contributed by atoms with Gasteiger partial charge < -0.3 is 10.1 Å². The highest BCUT2D eigenvalue weighted by Crippen LogP contribution is 2.23. The van der Waals surface area contributed by atoms with E-state index < -0.39 is 16.3 Å². The zero-order chi connectivity index (χ0) is 24.9. The summed E-state index contributed by atoms with van der Waals surface area (Å²) in [6.07, 6.45) is 1.45. The number of methoxy groups -OCH3 is 1. The lowest BCUT2D eigenvalue weighted by Gasteiger charge is -2.32. The molecule has 10 nitrogen and oxygen atoms in total. The van der Waals surface area contributed by atoms with Crippen molar-refractivity contribution in [2.45, 2.75) is 32.4 Å². The van der Waals surface area contributed by atoms with Crippen molar-refractivity contribution in [2.24, 2.45) is 0 Å². The van der Waals surface area contributed by atoms with Gasteiger partial charge in [0.1, 0.15) is 11.4 Å². The number of hydrogen-bond donors (Lipinski definition) is 1. The maximum Gasteiger partial charge on any atom is 0.294 e. The summed E-state index contributed by atoms with van der Waals surface area (Å²) < 4.78 is 6.70. The molecule has 35 heavy (non-hydrogen) atoms. The first kappa shape index (κ1) is 24.1. The summed E-state index contributed by atoms with van der Waals surface area (Å²) >= 11 is 0. The van der Waals surface area contributed by atoms with Gasteiger partial charge >= 0.3 is 0 Å². The highest BCUT2D eigenvalue weighted by molar-refractivity contribution is 5.92. The van der Waals surface area contributed by atoms with Crippen molar-refractivity contribution in [3.8, 4) is 11.4 Å². The van der Waals surface area contributed by atoms with Crippen molar-refractivity contribution in [3.63, 3.8) is 0 Å². The van der Waals surface area contributed by atoms with Crippen LogP contribution in [0.25, 0.3) is 5.69 Å². The van der Waals surface area contributed by atoms with Crippen molar-refractivity contribution in [3.05, 3.63) is 91.9 Å². The molecule has 1 aromatic heterocycles. The first-order chi connectivity index (χ1) is 16.9. The van der Waals surface area contributed by atoms with E-state index in [-0.39, 0.29) is 23.1 Å². The van der Waals surface area contributed by atoms with E-state index in [1.54, 1.807) is 26.2 Å². The largest absolute Gasteiger partial charge is 0.496 e. The average Bonchev–Trinajstić information content (AvgIpc) is 2.85. The SMILES string of the molecule is COc1ccccc1CN1CCC(NC(=O)c2nn(-c3ccccc3[N+](=O)[O-])c(C)cc2=O)CC1. The van der Waals surface area contributed by atoms with Crippen LogP contribution in [0.15, 0.2) is 59.4 Å². The second-order valence-corrected chi connectivity index (χ2v) is 8.49. The normalized spacial score (nSPS) is 14.5. The number of nitro benzene ring substituents is 1. The molecule has 0 spiro atoms. The lowest BCUT2D eigenvalue weighted by molar-refractivity contribution is -0.384. The van der Waals surface area contributed by atoms with Gasteiger partial charge in [0.15, 0.2) is 5.69 Å². The second-order valence-electron chi connectivity index (χ2n) is 8.49. The van der Waals surface area contributed by atoms with Gasteiger partial charge in [-0.25, -0.2) is 4.68 Å². The van der Waals surface area contributed by atoms with Crippen LogP contribution in [0.2, 0.25) is 0 Å². The zero-order valence-corrected chi connectivity index (χ0v) is 19.6. The molecular formula is C25H27N5O5. The Kier molecular flexibility index (Phi) is 7.21. The maximum absolute atomic E-state index is 13.0. The molecule has 0 bridgehead atoms. The number of para-hydroxylation sites is 3. The molecule has 1 aliphatic heterocycles. The molecule has 1 amide bonds. The number of hydrogen-bond acceptors (Lipinski definition) is 7. The fourth-order valence-electron chi connectivity index (χ4n) is 4.31. The number of nitrogens with zero attached hydrogens (tertiary/aromatic N) is 4. The Morgan fingerprint density at radius 1 is 1.17 bits per heavy atom. The topological polar surface area (TPSA) is 120 Å². The van der Waals surface area contributed by atoms with E-state index in [0.717, 1.165) is 43.8 Å². The van der Waals surface area contributed by atoms with Crippen molar-refractivity contribution in [2.75, 3.05) is 20.2 Å². The first-order valence-corrected chi connectivity index (χ1v) is 11.4. The molecule has 4 rings (SSSR count). The van der Waals surface area contributed by atoms with Crippen LogP contribution in [-0.4, -0.2) is 51.8 Å². The Morgan fingerprint density at radius 2 is 1.86 bits per heavy atom. The minimum absolute atomic E-state index is 0.0987. The summed E-state index contributed by atoms with van der Waals surface area (Å²) in [7, 11) is 1.66. The number of nitrogens with one attached hydrogen (secondary N) is 1. The third kappa shape index (κ3) is 5.38. The number of benzene rings is 2. The monoisotopic (exact) mass is 477 g/mol. The van der Waals surface area contributed by atoms with Gasteiger partial charge in [0, 0.05) is 49.1 Å². The van der Waals surface area contributed by atoms with Crippen LogP contribution in [-0.2, 0) is 6.54 Å². The molecule has 10 heteroatoms. The predicted molar refractivity (Wildman–Crippen MR) is 130 cm³/mol. The average molecular weight is 478 g/mol. The van der Waals surface area contributed by atoms with Crippen LogP contribution in [0, 0.1) is 17.0 Å². The molecule has 2 aromatic carbocycles. The third-order valence-corrected chi connectivity index (χ3v) is 6.14. The van der Waals surface area contributed by atoms with Crippen LogP contribution in [0.1, 0.15) is 34.6 Å². The van der Waals surface area contributed by atoms with Crippen LogP contribution in [0.4, 0.5) is 5.69 Å². The van der Waals surface area contributed by atoms with Crippen molar-refractivity contribution in [1.82, 2.24) is 20.0 Å². The lowest BCUT2D eigenvalue weighted by atomic mass is 10.0. The molecule has 0 saturated carbocycles. The van der Waals surface area contributed by atoms with E-state index in [2.05, 4.69) is 15.3 Å². The fourth-order valence-corrected chi connectivity index (χ4v) is 4.31. The van der Waals surface area contributed by atoms with Gasteiger partial charge in [-0.1, -0.05) is 30.3 Å². The number of rotatable bonds is 7. The quantitative estimate of drug-likeness (QED) is 0.410. The number of carbonyl (C=O) groups excluding carboxylic acids is 1. The van der Waals surface area contributed by atoms with Crippen LogP contribution < -0.4 is 15.5 Å². The molecule has 0 unspecified atom stereocenters. The van der Waals surface area contributed by atoms with Crippen LogP contribution >= 0.6 is 0 Å². The van der Waals surface area contributed by atoms with Gasteiger partial charge in [-0.3, -0.25) is 24.6 Å². The number of likely N-dealkylation sites (tertiary alicyclic amines) is 1. The van der Waals surface area contributed by atoms with E-state index in [4.69, 9.17) is 4.74 Å². The summed E-state index contributed by atoms with van der Waals surface area (Å²) in [6, 6.07) is 15.1. The van der Waals surface area contributed by atoms with Gasteiger partial charge in [-0.15, -0.1) is 0 Å². The highest BCUT2D eigenvalue weighted by atomic mass is 16.6. The fraction of sp³-hybridized carbons (Fsp3) is 0.320. The van der Waals surface area contributed by atoms with Gasteiger partial charge in [0.25, 0.3) is 11.6 Å². The molecule has 2 heterocycles. The summed E-state index contributed by atoms with van der Waals surface area (Å²) in [5.74, 6) is 0.272. The summed E-state index contributed by atoms with van der Waals surface area (Å²) in [5, 5.41) is 18.6. The Balaban J connectivity index is 1.45. The number of ether oxygens (including phenoxy) is 1. The van der Waals surface area contributed by atoms with E-state index in [0.29, 0.717) is 5.69 Å². The molecule has 0 aliphatic carbocycles. The van der Waals surface area contributed by atoms with E-state index >= 15 is 0 Å². The van der Waals surface area contributed by atoms with Crippen molar-refractivity contribution in [1.29, 1.82) is 0 Å². The second kappa shape index (κ2) is 10.5. The van der Waals surface area contributed by atoms with E-state index in [9.17, 15) is 19.7 Å². The molecule has 1 N–H and O–H groups in total. The standard InChI is InChI=1S/C25H27N5O5/c1-17-15-22(31)24(27-29(17)20-8-4-5-9-21(20)30(33)34)25(32)26-19-11-13-28(14-12-19)16-18-7-3-6-10-23(18)35-2/h3-10,15,19H,11-14,16H2,1-2H3,(H,26,32). The van der Waals surface area contributed by atoms with Crippen LogP contribution in [0.5, 0.6) is 5.75 Å². The number of aryl methyl sites for hydroxylation is 1. The summed E-state index contributed by atoms with van der Waals surface area (Å²) in [4.78, 5) is 38.7. The lowest BCUT2D eigenvalue weighted by Crippen LogP contribution is -2.45. The Bertz CT molecular complexity index is 1300. The molecule has 3 aromatic rings. The molecular weight excluding hydrogens is 450 g/mol. The predicted octanol–water partition coefficient (Wildman–Crippen LogP) is 2.85. The van der Waals surface area contributed by atoms with Gasteiger partial charge in [0.05, 0.1) is 12.0 Å². The third-order valence-electron chi connectivity index (χ3n) is 6.14. The molecule has 0 atom stereocenters. The van der Waals surface area contributed by atoms with Gasteiger partial charge in [-0.05, 0) is 31.9 Å². The van der Waals surface area contributed by atoms with E-state index in [1.165, 1.54) is 22.9 Å². The number of nitro groups is 1. The molecule has 0 radical (unpaired) electrons. The molecule has 1 saturated heterocycles. The summed E-state index contributed by atoms with van der Waals surface area (Å²) in [5.41, 5.74) is 0.713. The number of carbonyl (C=O) groups is 1. The smallest absolute Gasteiger partial charge is 0.294 e. The number of amides is 1. The van der Waals surface area contributed by atoms with Crippen molar-refractivity contribution >= 4 is 11.6 Å². The minimum Gasteiger partial charge on any atom is -0.496 e. The van der Waals surface area contributed by atoms with Gasteiger partial charge in [0.2, 0.25) is 5.43 Å². The Hall–Kier alpha value is -4.05. The molecule has 1 fully saturated rings. The van der Waals surface area contributed by atoms with E-state index in [1.807, 2.05) is 24.3 Å². The number of aromatic nitrogens is 2. The summed E-state index contributed by atoms with van der Waals surface area (Å²) in [6.45, 7) is 3.94. The number of piperidine rings is 1. The Labute approximate surface area is 202 Å². The highest BCUT2D eigenvalue weighted by Gasteiger charge is 2.25. The zero-order valence-electron chi connectivity index (χ0n) is 19.6. The first-order valence-electron chi connectivity index (χ1n) is 11.4. The minimum atomic E-state index is -0.578. The van der Waals surface area contributed by atoms with Crippen molar-refractivity contribution < 1.29 is 14.5 Å². The van der Waals surface area contributed by atoms with Gasteiger partial charge in [-0.2, -0.15) is 5.10 Å². The molecule has 182 valence electrons.